The Bertz CT molecular complexity index is 1180. The molecule has 36 heavy (non-hydrogen) atoms. The number of halogens is 3. The van der Waals surface area contributed by atoms with Crippen molar-refractivity contribution < 1.29 is 27.8 Å². The molecule has 0 saturated heterocycles. The van der Waals surface area contributed by atoms with E-state index >= 15 is 0 Å². The zero-order chi connectivity index (χ0) is 26.5. The van der Waals surface area contributed by atoms with Crippen LogP contribution in [0, 0.1) is 0 Å². The van der Waals surface area contributed by atoms with E-state index in [1.54, 1.807) is 18.2 Å². The molecule has 1 N–H and O–H groups in total. The molecule has 0 amide bonds. The van der Waals surface area contributed by atoms with Gasteiger partial charge in [-0.1, -0.05) is 25.0 Å². The molecule has 0 aliphatic heterocycles. The molecule has 0 bridgehead atoms. The highest BCUT2D eigenvalue weighted by Crippen LogP contribution is 2.31. The lowest BCUT2D eigenvalue weighted by Crippen LogP contribution is -2.44. The van der Waals surface area contributed by atoms with Crippen molar-refractivity contribution in [2.75, 3.05) is 0 Å². The van der Waals surface area contributed by atoms with E-state index in [0.29, 0.717) is 18.6 Å². The Morgan fingerprint density at radius 1 is 1.14 bits per heavy atom. The number of aromatic nitrogens is 3. The summed E-state index contributed by atoms with van der Waals surface area (Å²) in [5.74, 6) is -0.789. The molecule has 198 valence electrons. The van der Waals surface area contributed by atoms with Gasteiger partial charge in [-0.05, 0) is 63.6 Å². The summed E-state index contributed by atoms with van der Waals surface area (Å²) < 4.78 is 45.5. The minimum atomic E-state index is -4.36. The van der Waals surface area contributed by atoms with Crippen LogP contribution >= 0.6 is 0 Å². The van der Waals surface area contributed by atoms with Crippen LogP contribution in [0.1, 0.15) is 76.0 Å². The average Bonchev–Trinajstić information content (AvgIpc) is 3.31. The monoisotopic (exact) mass is 511 g/mol. The van der Waals surface area contributed by atoms with Crippen LogP contribution in [0.2, 0.25) is 0 Å². The molecule has 0 radical (unpaired) electrons. The second-order valence-corrected chi connectivity index (χ2v) is 9.72. The van der Waals surface area contributed by atoms with Gasteiger partial charge in [-0.25, -0.2) is 14.3 Å². The van der Waals surface area contributed by atoms with E-state index in [4.69, 9.17) is 4.74 Å². The van der Waals surface area contributed by atoms with Gasteiger partial charge < -0.3 is 9.84 Å². The van der Waals surface area contributed by atoms with Gasteiger partial charge in [0.05, 0.1) is 0 Å². The second-order valence-electron chi connectivity index (χ2n) is 9.72. The number of nitrogens with zero attached hydrogens (tertiary/aromatic N) is 3. The van der Waals surface area contributed by atoms with Crippen molar-refractivity contribution in [1.82, 2.24) is 14.3 Å². The van der Waals surface area contributed by atoms with E-state index in [1.165, 1.54) is 18.5 Å². The van der Waals surface area contributed by atoms with Crippen molar-refractivity contribution in [2.24, 2.45) is 0 Å². The second kappa shape index (κ2) is 11.3. The number of ether oxygens (including phenoxy) is 1. The first-order valence-corrected chi connectivity index (χ1v) is 12.2. The third kappa shape index (κ3) is 7.20. The summed E-state index contributed by atoms with van der Waals surface area (Å²) in [4.78, 5) is 37.2. The molecule has 0 spiro atoms. The number of carboxylic acid groups (broad SMARTS) is 1. The number of benzene rings is 1. The van der Waals surface area contributed by atoms with E-state index < -0.39 is 35.4 Å². The fraction of sp³-hybridized carbons (Fsp3) is 0.600. The van der Waals surface area contributed by atoms with Crippen LogP contribution in [-0.2, 0) is 24.3 Å². The maximum absolute atomic E-state index is 12.9. The van der Waals surface area contributed by atoms with Crippen LogP contribution in [0.25, 0.3) is 0 Å². The van der Waals surface area contributed by atoms with Crippen LogP contribution < -0.4 is 16.0 Å². The summed E-state index contributed by atoms with van der Waals surface area (Å²) in [5, 5.41) is 13.6. The molecular weight excluding hydrogens is 479 g/mol. The Kier molecular flexibility index (Phi) is 8.63. The van der Waals surface area contributed by atoms with Gasteiger partial charge in [-0.15, -0.1) is 0 Å². The van der Waals surface area contributed by atoms with E-state index in [9.17, 15) is 32.7 Å². The molecule has 1 saturated carbocycles. The number of carboxylic acids is 1. The largest absolute Gasteiger partial charge is 0.478 e. The maximum Gasteiger partial charge on any atom is 0.389 e. The highest BCUT2D eigenvalue weighted by molar-refractivity contribution is 5.76. The molecule has 0 atom stereocenters. The van der Waals surface area contributed by atoms with Crippen molar-refractivity contribution in [3.8, 4) is 5.75 Å². The molecule has 1 heterocycles. The van der Waals surface area contributed by atoms with Gasteiger partial charge in [0.1, 0.15) is 11.4 Å². The smallest absolute Gasteiger partial charge is 0.389 e. The molecule has 1 fully saturated rings. The number of aliphatic carboxylic acids is 1. The number of hydrogen-bond acceptors (Lipinski definition) is 5. The predicted octanol–water partition coefficient (Wildman–Crippen LogP) is 4.28. The van der Waals surface area contributed by atoms with Crippen molar-refractivity contribution in [3.63, 3.8) is 0 Å². The summed E-state index contributed by atoms with van der Waals surface area (Å²) in [7, 11) is 0. The normalized spacial score (nSPS) is 14.8. The molecule has 3 rings (SSSR count). The summed E-state index contributed by atoms with van der Waals surface area (Å²) in [6.45, 7) is 2.78. The first-order chi connectivity index (χ1) is 16.9. The lowest BCUT2D eigenvalue weighted by atomic mass is 10.0. The molecule has 0 unspecified atom stereocenters. The third-order valence-corrected chi connectivity index (χ3v) is 6.35. The van der Waals surface area contributed by atoms with Crippen LogP contribution in [0.15, 0.2) is 33.9 Å². The molecule has 1 aliphatic rings. The van der Waals surface area contributed by atoms with Crippen LogP contribution in [0.3, 0.4) is 0 Å². The van der Waals surface area contributed by atoms with Crippen molar-refractivity contribution in [3.05, 3.63) is 56.4 Å². The Morgan fingerprint density at radius 3 is 2.47 bits per heavy atom. The molecule has 8 nitrogen and oxygen atoms in total. The van der Waals surface area contributed by atoms with Gasteiger partial charge in [0.15, 0.2) is 5.60 Å². The van der Waals surface area contributed by atoms with Crippen LogP contribution in [0.5, 0.6) is 5.75 Å². The summed E-state index contributed by atoms with van der Waals surface area (Å²) in [6.07, 6.45) is -1.38. The lowest BCUT2D eigenvalue weighted by molar-refractivity contribution is -0.152. The molecular formula is C25H32F3N3O5. The zero-order valence-electron chi connectivity index (χ0n) is 20.5. The van der Waals surface area contributed by atoms with Crippen molar-refractivity contribution in [2.45, 2.75) is 96.0 Å². The first kappa shape index (κ1) is 27.5. The Balaban J connectivity index is 1.76. The Labute approximate surface area is 206 Å². The molecule has 11 heteroatoms. The average molecular weight is 512 g/mol. The van der Waals surface area contributed by atoms with Gasteiger partial charge >= 0.3 is 17.8 Å². The van der Waals surface area contributed by atoms with E-state index in [1.807, 2.05) is 6.07 Å². The van der Waals surface area contributed by atoms with Gasteiger partial charge in [0.2, 0.25) is 0 Å². The zero-order valence-corrected chi connectivity index (χ0v) is 20.5. The number of rotatable bonds is 11. The maximum atomic E-state index is 12.9. The first-order valence-electron chi connectivity index (χ1n) is 12.2. The Hall–Kier alpha value is -3.11. The van der Waals surface area contributed by atoms with E-state index in [0.717, 1.165) is 35.8 Å². The fourth-order valence-electron chi connectivity index (χ4n) is 4.35. The number of hydrogen-bond donors (Lipinski definition) is 1. The molecule has 2 aromatic rings. The number of carbonyl (C=O) groups is 1. The van der Waals surface area contributed by atoms with Gasteiger partial charge in [0, 0.05) is 25.4 Å². The van der Waals surface area contributed by atoms with Gasteiger partial charge in [-0.3, -0.25) is 9.36 Å². The fourth-order valence-corrected chi connectivity index (χ4v) is 4.35. The SMILES string of the molecule is CC(C)(Oc1cccc(CCCn2nc(C3CCCC3)c(=O)n(CCCC(F)(F)F)c2=O)c1)C(=O)O. The van der Waals surface area contributed by atoms with E-state index in [2.05, 4.69) is 5.10 Å². The van der Waals surface area contributed by atoms with Crippen LogP contribution in [-0.4, -0.2) is 37.2 Å². The Morgan fingerprint density at radius 2 is 1.83 bits per heavy atom. The highest BCUT2D eigenvalue weighted by Gasteiger charge is 2.30. The summed E-state index contributed by atoms with van der Waals surface area (Å²) >= 11 is 0. The topological polar surface area (TPSA) is 103 Å². The van der Waals surface area contributed by atoms with E-state index in [-0.39, 0.29) is 31.1 Å². The lowest BCUT2D eigenvalue weighted by Gasteiger charge is -2.21. The third-order valence-electron chi connectivity index (χ3n) is 6.35. The van der Waals surface area contributed by atoms with Crippen molar-refractivity contribution >= 4 is 5.97 Å². The van der Waals surface area contributed by atoms with Gasteiger partial charge in [0.25, 0.3) is 5.56 Å². The van der Waals surface area contributed by atoms with Gasteiger partial charge in [-0.2, -0.15) is 18.3 Å². The predicted molar refractivity (Wildman–Crippen MR) is 126 cm³/mol. The van der Waals surface area contributed by atoms with Crippen LogP contribution in [0.4, 0.5) is 13.2 Å². The summed E-state index contributed by atoms with van der Waals surface area (Å²) in [5.41, 5.74) is -1.58. The highest BCUT2D eigenvalue weighted by atomic mass is 19.4. The quantitative estimate of drug-likeness (QED) is 0.483. The standard InChI is InChI=1S/C25H32F3N3O5/c1-24(2,22(33)34)36-19-12-5-8-17(16-19)9-6-15-31-23(35)30(14-7-13-25(26,27)28)21(32)20(29-31)18-10-3-4-11-18/h5,8,12,16,18H,3-4,6-7,9-11,13-15H2,1-2H3,(H,33,34). The minimum absolute atomic E-state index is 0.0929. The molecule has 1 aliphatic carbocycles. The molecule has 1 aromatic carbocycles. The van der Waals surface area contributed by atoms with Crippen molar-refractivity contribution in [1.29, 1.82) is 0 Å². The molecule has 1 aromatic heterocycles. The summed E-state index contributed by atoms with van der Waals surface area (Å²) in [6, 6.07) is 6.97. The minimum Gasteiger partial charge on any atom is -0.478 e. The number of aryl methyl sites for hydroxylation is 2. The number of alkyl halides is 3.